The van der Waals surface area contributed by atoms with Crippen molar-refractivity contribution in [3.8, 4) is 0 Å². The lowest BCUT2D eigenvalue weighted by Gasteiger charge is -2.18. The maximum absolute atomic E-state index is 8.92. The summed E-state index contributed by atoms with van der Waals surface area (Å²) < 4.78 is 5.36. The van der Waals surface area contributed by atoms with Gasteiger partial charge in [0.25, 0.3) is 0 Å². The molecule has 14 heavy (non-hydrogen) atoms. The monoisotopic (exact) mass is 199 g/mol. The van der Waals surface area contributed by atoms with Crippen molar-refractivity contribution in [2.75, 3.05) is 6.61 Å². The van der Waals surface area contributed by atoms with E-state index in [-0.39, 0.29) is 0 Å². The number of unbranched alkanes of at least 4 members (excludes halogenated alkanes) is 3. The van der Waals surface area contributed by atoms with Crippen LogP contribution in [0.25, 0.3) is 0 Å². The lowest BCUT2D eigenvalue weighted by Crippen LogP contribution is -2.33. The molecule has 80 valence electrons. The van der Waals surface area contributed by atoms with Crippen molar-refractivity contribution in [1.29, 1.82) is 0 Å². The Hall–Kier alpha value is -1.23. The Labute approximate surface area is 84.0 Å². The average molecular weight is 199 g/mol. The third-order valence-corrected chi connectivity index (χ3v) is 1.87. The van der Waals surface area contributed by atoms with E-state index in [2.05, 4.69) is 17.5 Å². The van der Waals surface area contributed by atoms with Gasteiger partial charge in [-0.15, -0.1) is 5.10 Å². The summed E-state index contributed by atoms with van der Waals surface area (Å²) >= 11 is 0. The molecule has 0 spiro atoms. The standard InChI is InChI=1S/C9H17N3O2/c1-2-3-4-5-8-14-9-6-7-10-12(13)11-9/h6-7,11,13H,2-5,8H2,1H3. The molecule has 0 radical (unpaired) electrons. The fourth-order valence-electron chi connectivity index (χ4n) is 1.12. The second-order valence-electron chi connectivity index (χ2n) is 3.11. The van der Waals surface area contributed by atoms with E-state index in [4.69, 9.17) is 9.94 Å². The minimum Gasteiger partial charge on any atom is -0.478 e. The SMILES string of the molecule is CCCCCCOC1=CC=NN(O)N1. The minimum absolute atomic E-state index is 0.527. The third kappa shape index (κ3) is 4.13. The zero-order valence-electron chi connectivity index (χ0n) is 8.44. The van der Waals surface area contributed by atoms with Gasteiger partial charge in [0.2, 0.25) is 5.88 Å². The Kier molecular flexibility index (Phi) is 4.85. The van der Waals surface area contributed by atoms with E-state index < -0.39 is 0 Å². The van der Waals surface area contributed by atoms with Gasteiger partial charge in [-0.3, -0.25) is 5.21 Å². The number of nitrogens with one attached hydrogen (secondary N) is 1. The van der Waals surface area contributed by atoms with Crippen LogP contribution in [0.4, 0.5) is 0 Å². The van der Waals surface area contributed by atoms with Crippen LogP contribution >= 0.6 is 0 Å². The van der Waals surface area contributed by atoms with Gasteiger partial charge in [0, 0.05) is 6.08 Å². The van der Waals surface area contributed by atoms with E-state index >= 15 is 0 Å². The van der Waals surface area contributed by atoms with Crippen molar-refractivity contribution in [1.82, 2.24) is 10.7 Å². The van der Waals surface area contributed by atoms with Gasteiger partial charge in [0.1, 0.15) is 0 Å². The molecule has 0 aliphatic carbocycles. The van der Waals surface area contributed by atoms with Crippen LogP contribution in [0, 0.1) is 0 Å². The summed E-state index contributed by atoms with van der Waals surface area (Å²) in [5, 5.41) is 13.1. The van der Waals surface area contributed by atoms with Crippen LogP contribution in [0.1, 0.15) is 32.6 Å². The normalized spacial score (nSPS) is 15.0. The molecule has 5 heteroatoms. The van der Waals surface area contributed by atoms with Crippen LogP contribution in [0.3, 0.4) is 0 Å². The van der Waals surface area contributed by atoms with Crippen molar-refractivity contribution < 1.29 is 9.94 Å². The molecule has 1 heterocycles. The first-order chi connectivity index (χ1) is 6.83. The number of hydrogen-bond acceptors (Lipinski definition) is 5. The Bertz CT molecular complexity index is 216. The van der Waals surface area contributed by atoms with Crippen molar-refractivity contribution in [3.63, 3.8) is 0 Å². The Morgan fingerprint density at radius 1 is 1.50 bits per heavy atom. The van der Waals surface area contributed by atoms with E-state index in [1.54, 1.807) is 6.08 Å². The fourth-order valence-corrected chi connectivity index (χ4v) is 1.12. The third-order valence-electron chi connectivity index (χ3n) is 1.87. The quantitative estimate of drug-likeness (QED) is 0.638. The smallest absolute Gasteiger partial charge is 0.210 e. The highest BCUT2D eigenvalue weighted by molar-refractivity contribution is 5.71. The van der Waals surface area contributed by atoms with E-state index in [9.17, 15) is 0 Å². The van der Waals surface area contributed by atoms with Gasteiger partial charge in [0.05, 0.1) is 12.8 Å². The first-order valence-electron chi connectivity index (χ1n) is 4.95. The fraction of sp³-hybridized carbons (Fsp3) is 0.667. The van der Waals surface area contributed by atoms with Crippen LogP contribution in [0.15, 0.2) is 17.1 Å². The highest BCUT2D eigenvalue weighted by Crippen LogP contribution is 2.03. The number of ether oxygens (including phenoxy) is 1. The zero-order chi connectivity index (χ0) is 10.2. The van der Waals surface area contributed by atoms with E-state index in [1.165, 1.54) is 25.5 Å². The molecule has 0 saturated carbocycles. The van der Waals surface area contributed by atoms with Crippen LogP contribution in [0.2, 0.25) is 0 Å². The van der Waals surface area contributed by atoms with E-state index in [0.29, 0.717) is 17.8 Å². The molecule has 5 nitrogen and oxygen atoms in total. The van der Waals surface area contributed by atoms with Crippen molar-refractivity contribution in [2.24, 2.45) is 5.10 Å². The van der Waals surface area contributed by atoms with Gasteiger partial charge in [-0.25, -0.2) is 5.43 Å². The van der Waals surface area contributed by atoms with Gasteiger partial charge < -0.3 is 4.74 Å². The van der Waals surface area contributed by atoms with Crippen LogP contribution < -0.4 is 5.43 Å². The summed E-state index contributed by atoms with van der Waals surface area (Å²) in [4.78, 5) is 0. The molecule has 0 bridgehead atoms. The van der Waals surface area contributed by atoms with Crippen molar-refractivity contribution in [3.05, 3.63) is 12.0 Å². The number of rotatable bonds is 6. The summed E-state index contributed by atoms with van der Waals surface area (Å²) in [6, 6.07) is 0. The first-order valence-corrected chi connectivity index (χ1v) is 4.95. The minimum atomic E-state index is 0.527. The molecule has 0 aromatic rings. The maximum atomic E-state index is 8.92. The molecule has 0 aromatic carbocycles. The van der Waals surface area contributed by atoms with Crippen LogP contribution in [-0.4, -0.2) is 23.3 Å². The predicted octanol–water partition coefficient (Wildman–Crippen LogP) is 1.62. The molecule has 0 aromatic heterocycles. The van der Waals surface area contributed by atoms with Crippen molar-refractivity contribution >= 4 is 6.21 Å². The predicted molar refractivity (Wildman–Crippen MR) is 53.4 cm³/mol. The second kappa shape index (κ2) is 6.26. The van der Waals surface area contributed by atoms with E-state index in [1.807, 2.05) is 0 Å². The number of allylic oxidation sites excluding steroid dienone is 1. The number of hydrazone groups is 1. The molecule has 1 aliphatic rings. The Morgan fingerprint density at radius 2 is 2.36 bits per heavy atom. The van der Waals surface area contributed by atoms with E-state index in [0.717, 1.165) is 6.42 Å². The van der Waals surface area contributed by atoms with Gasteiger partial charge in [-0.05, 0) is 6.42 Å². The molecule has 0 unspecified atom stereocenters. The average Bonchev–Trinajstić information content (AvgIpc) is 2.18. The number of nitrogens with zero attached hydrogens (tertiary/aromatic N) is 2. The van der Waals surface area contributed by atoms with Gasteiger partial charge in [0.15, 0.2) is 0 Å². The summed E-state index contributed by atoms with van der Waals surface area (Å²) in [6.45, 7) is 2.84. The van der Waals surface area contributed by atoms with Gasteiger partial charge in [-0.2, -0.15) is 0 Å². The summed E-state index contributed by atoms with van der Waals surface area (Å²) in [5.74, 6) is 0.527. The van der Waals surface area contributed by atoms with Crippen LogP contribution in [0.5, 0.6) is 0 Å². The second-order valence-corrected chi connectivity index (χ2v) is 3.11. The topological polar surface area (TPSA) is 57.1 Å². The number of hydrogen-bond donors (Lipinski definition) is 2. The number of hydrazine groups is 1. The maximum Gasteiger partial charge on any atom is 0.210 e. The molecule has 0 fully saturated rings. The Balaban J connectivity index is 2.06. The van der Waals surface area contributed by atoms with Crippen LogP contribution in [-0.2, 0) is 4.74 Å². The molecule has 0 saturated heterocycles. The molecular weight excluding hydrogens is 182 g/mol. The van der Waals surface area contributed by atoms with Gasteiger partial charge >= 0.3 is 0 Å². The lowest BCUT2D eigenvalue weighted by molar-refractivity contribution is -0.140. The van der Waals surface area contributed by atoms with Crippen molar-refractivity contribution in [2.45, 2.75) is 32.6 Å². The molecule has 0 amide bonds. The first kappa shape index (κ1) is 10.8. The zero-order valence-corrected chi connectivity index (χ0v) is 8.44. The molecular formula is C9H17N3O2. The molecule has 1 rings (SSSR count). The molecule has 2 N–H and O–H groups in total. The summed E-state index contributed by atoms with van der Waals surface area (Å²) in [7, 11) is 0. The highest BCUT2D eigenvalue weighted by atomic mass is 16.6. The molecule has 1 aliphatic heterocycles. The van der Waals surface area contributed by atoms with Gasteiger partial charge in [-0.1, -0.05) is 31.5 Å². The molecule has 0 atom stereocenters. The lowest BCUT2D eigenvalue weighted by atomic mass is 10.2. The largest absolute Gasteiger partial charge is 0.478 e. The Morgan fingerprint density at radius 3 is 3.07 bits per heavy atom. The summed E-state index contributed by atoms with van der Waals surface area (Å²) in [6.07, 6.45) is 7.82. The highest BCUT2D eigenvalue weighted by Gasteiger charge is 2.04. The summed E-state index contributed by atoms with van der Waals surface area (Å²) in [5.41, 5.74) is 2.54.